The highest BCUT2D eigenvalue weighted by Gasteiger charge is 2.40. The summed E-state index contributed by atoms with van der Waals surface area (Å²) in [5, 5.41) is 13.0. The first kappa shape index (κ1) is 19.3. The summed E-state index contributed by atoms with van der Waals surface area (Å²) in [5.74, 6) is 1.40. The van der Waals surface area contributed by atoms with E-state index in [1.165, 1.54) is 38.6 Å². The number of halogens is 1. The van der Waals surface area contributed by atoms with Crippen molar-refractivity contribution in [3.63, 3.8) is 0 Å². The average molecular weight is 443 g/mol. The fourth-order valence-corrected chi connectivity index (χ4v) is 4.08. The van der Waals surface area contributed by atoms with Crippen LogP contribution < -0.4 is 5.32 Å². The van der Waals surface area contributed by atoms with Crippen LogP contribution in [0.15, 0.2) is 29.3 Å². The predicted octanol–water partition coefficient (Wildman–Crippen LogP) is 3.78. The predicted molar refractivity (Wildman–Crippen MR) is 110 cm³/mol. The molecule has 1 aliphatic heterocycles. The number of guanidine groups is 1. The second kappa shape index (κ2) is 8.92. The van der Waals surface area contributed by atoms with E-state index in [4.69, 9.17) is 4.99 Å². The molecule has 1 aromatic rings. The van der Waals surface area contributed by atoms with Crippen LogP contribution in [-0.2, 0) is 6.42 Å². The van der Waals surface area contributed by atoms with Crippen molar-refractivity contribution in [2.24, 2.45) is 10.4 Å². The molecule has 0 unspecified atom stereocenters. The number of nitrogens with zero attached hydrogens (tertiary/aromatic N) is 2. The Balaban J connectivity index is 0.00000208. The lowest BCUT2D eigenvalue weighted by Crippen LogP contribution is -2.41. The number of aromatic hydroxyl groups is 1. The summed E-state index contributed by atoms with van der Waals surface area (Å²) >= 11 is 0. The first-order valence-electron chi connectivity index (χ1n) is 9.02. The molecule has 1 saturated heterocycles. The number of aliphatic imine (C=N–C) groups is 1. The summed E-state index contributed by atoms with van der Waals surface area (Å²) in [6.45, 7) is 6.11. The van der Waals surface area contributed by atoms with Crippen molar-refractivity contribution in [2.45, 2.75) is 45.4 Å². The Morgan fingerprint density at radius 2 is 2.08 bits per heavy atom. The zero-order valence-corrected chi connectivity index (χ0v) is 17.0. The van der Waals surface area contributed by atoms with Crippen molar-refractivity contribution in [3.8, 4) is 5.75 Å². The molecule has 1 heterocycles. The molecule has 0 radical (unpaired) electrons. The molecule has 1 aromatic carbocycles. The Kier molecular flexibility index (Phi) is 7.19. The molecule has 1 aliphatic carbocycles. The Bertz CT molecular complexity index is 555. The number of hydrogen-bond donors (Lipinski definition) is 2. The Hall–Kier alpha value is -0.980. The lowest BCUT2D eigenvalue weighted by Gasteiger charge is -2.26. The number of likely N-dealkylation sites (tertiary alicyclic amines) is 1. The van der Waals surface area contributed by atoms with Crippen LogP contribution in [0.2, 0.25) is 0 Å². The summed E-state index contributed by atoms with van der Waals surface area (Å²) in [4.78, 5) is 7.28. The van der Waals surface area contributed by atoms with Gasteiger partial charge in [-0.15, -0.1) is 24.0 Å². The molecule has 2 aliphatic rings. The molecule has 0 aromatic heterocycles. The van der Waals surface area contributed by atoms with E-state index in [0.717, 1.165) is 37.6 Å². The van der Waals surface area contributed by atoms with Gasteiger partial charge in [0, 0.05) is 26.2 Å². The Morgan fingerprint density at radius 3 is 2.79 bits per heavy atom. The van der Waals surface area contributed by atoms with Crippen molar-refractivity contribution >= 4 is 29.9 Å². The summed E-state index contributed by atoms with van der Waals surface area (Å²) in [5.41, 5.74) is 1.71. The normalized spacial score (nSPS) is 19.5. The van der Waals surface area contributed by atoms with Crippen LogP contribution in [0.3, 0.4) is 0 Å². The van der Waals surface area contributed by atoms with E-state index in [-0.39, 0.29) is 24.0 Å². The fraction of sp³-hybridized carbons (Fsp3) is 0.632. The molecule has 2 fully saturated rings. The Labute approximate surface area is 162 Å². The van der Waals surface area contributed by atoms with Gasteiger partial charge in [-0.3, -0.25) is 4.99 Å². The molecule has 134 valence electrons. The number of phenolic OH excluding ortho intramolecular Hbond substituents is 1. The van der Waals surface area contributed by atoms with Gasteiger partial charge in [0.2, 0.25) is 0 Å². The van der Waals surface area contributed by atoms with E-state index in [0.29, 0.717) is 11.2 Å². The topological polar surface area (TPSA) is 47.9 Å². The van der Waals surface area contributed by atoms with Gasteiger partial charge < -0.3 is 15.3 Å². The molecular weight excluding hydrogens is 413 g/mol. The van der Waals surface area contributed by atoms with E-state index in [1.54, 1.807) is 6.07 Å². The molecule has 24 heavy (non-hydrogen) atoms. The molecule has 1 saturated carbocycles. The van der Waals surface area contributed by atoms with Gasteiger partial charge in [-0.05, 0) is 55.7 Å². The lowest BCUT2D eigenvalue weighted by molar-refractivity contribution is 0.309. The number of rotatable bonds is 4. The van der Waals surface area contributed by atoms with Gasteiger partial charge in [-0.2, -0.15) is 0 Å². The number of nitrogens with one attached hydrogen (secondary N) is 1. The summed E-state index contributed by atoms with van der Waals surface area (Å²) in [6.07, 6.45) is 7.78. The van der Waals surface area contributed by atoms with Gasteiger partial charge in [0.15, 0.2) is 5.96 Å². The molecule has 1 spiro atoms. The minimum atomic E-state index is 0. The maximum absolute atomic E-state index is 9.54. The quantitative estimate of drug-likeness (QED) is 0.423. The molecule has 5 heteroatoms. The van der Waals surface area contributed by atoms with Crippen molar-refractivity contribution in [1.29, 1.82) is 0 Å². The summed E-state index contributed by atoms with van der Waals surface area (Å²) in [7, 11) is 0. The standard InChI is InChI=1S/C19H29N3O.HI/c1-2-20-18(21-12-8-16-6-5-7-17(23)14-16)22-13-11-19(15-22)9-3-4-10-19;/h5-7,14,23H,2-4,8-13,15H2,1H3,(H,20,21);1H. The molecule has 2 N–H and O–H groups in total. The van der Waals surface area contributed by atoms with E-state index in [2.05, 4.69) is 17.1 Å². The maximum atomic E-state index is 9.54. The second-order valence-electron chi connectivity index (χ2n) is 7.03. The Morgan fingerprint density at radius 1 is 1.29 bits per heavy atom. The highest BCUT2D eigenvalue weighted by atomic mass is 127. The van der Waals surface area contributed by atoms with Crippen LogP contribution in [-0.4, -0.2) is 42.1 Å². The van der Waals surface area contributed by atoms with Gasteiger partial charge in [0.1, 0.15) is 5.75 Å². The van der Waals surface area contributed by atoms with Crippen molar-refractivity contribution in [1.82, 2.24) is 10.2 Å². The molecule has 3 rings (SSSR count). The highest BCUT2D eigenvalue weighted by Crippen LogP contribution is 2.45. The second-order valence-corrected chi connectivity index (χ2v) is 7.03. The van der Waals surface area contributed by atoms with Gasteiger partial charge in [0.25, 0.3) is 0 Å². The molecule has 4 nitrogen and oxygen atoms in total. The van der Waals surface area contributed by atoms with Crippen molar-refractivity contribution < 1.29 is 5.11 Å². The third-order valence-corrected chi connectivity index (χ3v) is 5.31. The first-order chi connectivity index (χ1) is 11.2. The van der Waals surface area contributed by atoms with Crippen LogP contribution in [0.25, 0.3) is 0 Å². The van der Waals surface area contributed by atoms with Crippen LogP contribution >= 0.6 is 24.0 Å². The SMILES string of the molecule is CCNC(=NCCc1cccc(O)c1)N1CCC2(CCCC2)C1.I. The minimum Gasteiger partial charge on any atom is -0.508 e. The van der Waals surface area contributed by atoms with Crippen LogP contribution in [0.1, 0.15) is 44.6 Å². The monoisotopic (exact) mass is 443 g/mol. The van der Waals surface area contributed by atoms with E-state index in [9.17, 15) is 5.11 Å². The van der Waals surface area contributed by atoms with Crippen molar-refractivity contribution in [3.05, 3.63) is 29.8 Å². The lowest BCUT2D eigenvalue weighted by atomic mass is 9.86. The third kappa shape index (κ3) is 4.77. The summed E-state index contributed by atoms with van der Waals surface area (Å²) < 4.78 is 0. The smallest absolute Gasteiger partial charge is 0.193 e. The number of benzene rings is 1. The van der Waals surface area contributed by atoms with Crippen molar-refractivity contribution in [2.75, 3.05) is 26.2 Å². The largest absolute Gasteiger partial charge is 0.508 e. The van der Waals surface area contributed by atoms with Gasteiger partial charge in [-0.1, -0.05) is 25.0 Å². The van der Waals surface area contributed by atoms with Gasteiger partial charge in [0.05, 0.1) is 0 Å². The van der Waals surface area contributed by atoms with E-state index in [1.807, 2.05) is 18.2 Å². The zero-order valence-electron chi connectivity index (χ0n) is 14.6. The molecule has 0 amide bonds. The number of phenols is 1. The van der Waals surface area contributed by atoms with Crippen LogP contribution in [0.4, 0.5) is 0 Å². The number of hydrogen-bond acceptors (Lipinski definition) is 2. The van der Waals surface area contributed by atoms with Crippen LogP contribution in [0, 0.1) is 5.41 Å². The maximum Gasteiger partial charge on any atom is 0.193 e. The molecule has 0 bridgehead atoms. The summed E-state index contributed by atoms with van der Waals surface area (Å²) in [6, 6.07) is 7.48. The van der Waals surface area contributed by atoms with E-state index < -0.39 is 0 Å². The molecule has 0 atom stereocenters. The third-order valence-electron chi connectivity index (χ3n) is 5.31. The molecular formula is C19H30IN3O. The first-order valence-corrected chi connectivity index (χ1v) is 9.02. The van der Waals surface area contributed by atoms with Gasteiger partial charge >= 0.3 is 0 Å². The average Bonchev–Trinajstić information content (AvgIpc) is 3.17. The zero-order chi connectivity index (χ0) is 16.1. The van der Waals surface area contributed by atoms with E-state index >= 15 is 0 Å². The van der Waals surface area contributed by atoms with Crippen LogP contribution in [0.5, 0.6) is 5.75 Å². The van der Waals surface area contributed by atoms with Gasteiger partial charge in [-0.25, -0.2) is 0 Å². The highest BCUT2D eigenvalue weighted by molar-refractivity contribution is 14.0. The minimum absolute atomic E-state index is 0. The fourth-order valence-electron chi connectivity index (χ4n) is 4.08.